The quantitative estimate of drug-likeness (QED) is 0.0639. The molecule has 67 heavy (non-hydrogen) atoms. The summed E-state index contributed by atoms with van der Waals surface area (Å²) in [5.74, 6) is -1.16. The molecular formula is C51H72N2O14. The number of aliphatic hydroxyl groups is 2. The number of aliphatic hydroxyl groups excluding tert-OH is 1. The number of ketones is 1. The van der Waals surface area contributed by atoms with Gasteiger partial charge in [-0.15, -0.1) is 0 Å². The van der Waals surface area contributed by atoms with Crippen molar-refractivity contribution in [2.45, 2.75) is 130 Å². The maximum Gasteiger partial charge on any atom is 0.342 e. The molecule has 9 unspecified atom stereocenters. The maximum absolute atomic E-state index is 12.7. The zero-order valence-electron chi connectivity index (χ0n) is 40.2. The monoisotopic (exact) mass is 936 g/mol. The number of hydrogen-bond acceptors (Lipinski definition) is 14. The van der Waals surface area contributed by atoms with Gasteiger partial charge in [0.1, 0.15) is 42.7 Å². The van der Waals surface area contributed by atoms with Crippen molar-refractivity contribution >= 4 is 29.5 Å². The van der Waals surface area contributed by atoms with Crippen molar-refractivity contribution in [3.05, 3.63) is 45.6 Å². The number of ether oxygens (including phenoxy) is 6. The first-order chi connectivity index (χ1) is 31.9. The molecule has 4 fully saturated rings. The summed E-state index contributed by atoms with van der Waals surface area (Å²) in [5, 5.41) is 40.9. The number of carbonyl (C=O) groups is 5. The second-order valence-electron chi connectivity index (χ2n) is 20.4. The molecule has 1 aromatic rings. The van der Waals surface area contributed by atoms with Gasteiger partial charge in [-0.1, -0.05) is 25.5 Å². The fourth-order valence-corrected chi connectivity index (χ4v) is 13.0. The number of Topliss-reactive ketones (excluding diaryl/α,β-unsaturated/α-hetero) is 1. The first-order valence-electron chi connectivity index (χ1n) is 24.2. The van der Waals surface area contributed by atoms with E-state index < -0.39 is 29.0 Å². The zero-order valence-corrected chi connectivity index (χ0v) is 40.2. The Labute approximate surface area is 393 Å². The van der Waals surface area contributed by atoms with Gasteiger partial charge in [0, 0.05) is 48.0 Å². The highest BCUT2D eigenvalue weighted by Crippen LogP contribution is 2.70. The maximum atomic E-state index is 12.7. The summed E-state index contributed by atoms with van der Waals surface area (Å²) in [6.45, 7) is 11.6. The van der Waals surface area contributed by atoms with Crippen LogP contribution in [0.25, 0.3) is 0 Å². The van der Waals surface area contributed by atoms with Crippen molar-refractivity contribution < 1.29 is 67.7 Å². The topological polar surface area (TPSA) is 225 Å². The lowest BCUT2D eigenvalue weighted by Crippen LogP contribution is -2.67. The van der Waals surface area contributed by atoms with Gasteiger partial charge >= 0.3 is 11.9 Å². The van der Waals surface area contributed by atoms with E-state index >= 15 is 0 Å². The van der Waals surface area contributed by atoms with E-state index in [-0.39, 0.29) is 110 Å². The van der Waals surface area contributed by atoms with Crippen LogP contribution in [0, 0.1) is 47.3 Å². The predicted molar refractivity (Wildman–Crippen MR) is 244 cm³/mol. The molecule has 0 radical (unpaired) electrons. The van der Waals surface area contributed by atoms with Crippen molar-refractivity contribution in [3.63, 3.8) is 0 Å². The van der Waals surface area contributed by atoms with Gasteiger partial charge in [0.15, 0.2) is 0 Å². The van der Waals surface area contributed by atoms with Crippen LogP contribution in [0.15, 0.2) is 23.3 Å². The number of amides is 2. The van der Waals surface area contributed by atoms with Gasteiger partial charge in [0.05, 0.1) is 51.3 Å². The Kier molecular flexibility index (Phi) is 15.9. The molecule has 2 heterocycles. The van der Waals surface area contributed by atoms with E-state index in [2.05, 4.69) is 17.6 Å². The lowest BCUT2D eigenvalue weighted by Gasteiger charge is -2.65. The number of hydrogen-bond donors (Lipinski definition) is 5. The van der Waals surface area contributed by atoms with Crippen LogP contribution in [0.5, 0.6) is 11.5 Å². The standard InChI is InChI=1S/C51H72N2O14/c1-29(7-9-36-46(59)45-37(27-67-48(45)60)30(2)47(36)62-6)21-32(31(3)54)22-42(56)52-15-17-63-19-20-64-18-16-53-43(57)28-65-35-11-13-49(4)34(24-35)8-10-39-40(49)25-41(55)50(5)38(12-14-51(39,50)61)33-23-44(58)66-26-33/h7,23,32,34-35,38-41,55,59,61H,8-22,24-28H2,1-6H3,(H,52,56)(H,53,57)/b29-7+/t32?,34?,35?,38?,39?,40?,41?,49?,50-,51?/m0/s1. The smallest absolute Gasteiger partial charge is 0.342 e. The predicted octanol–water partition coefficient (Wildman–Crippen LogP) is 4.73. The molecule has 7 rings (SSSR count). The highest BCUT2D eigenvalue weighted by Gasteiger charge is 2.70. The minimum Gasteiger partial charge on any atom is -0.507 e. The number of esters is 2. The number of methoxy groups -OCH3 is 1. The van der Waals surface area contributed by atoms with Crippen molar-refractivity contribution in [2.24, 2.45) is 40.4 Å². The van der Waals surface area contributed by atoms with E-state index in [1.165, 1.54) is 14.0 Å². The molecule has 16 heteroatoms. The number of rotatable bonds is 21. The third-order valence-corrected chi connectivity index (χ3v) is 16.9. The molecule has 4 saturated carbocycles. The van der Waals surface area contributed by atoms with Crippen LogP contribution in [-0.4, -0.2) is 123 Å². The first-order valence-corrected chi connectivity index (χ1v) is 24.2. The molecule has 2 aliphatic heterocycles. The number of nitrogens with one attached hydrogen (secondary N) is 2. The van der Waals surface area contributed by atoms with E-state index in [9.17, 15) is 39.3 Å². The zero-order chi connectivity index (χ0) is 48.3. The molecule has 0 bridgehead atoms. The highest BCUT2D eigenvalue weighted by molar-refractivity contribution is 5.98. The molecule has 5 N–H and O–H groups in total. The number of phenolic OH excluding ortho intramolecular Hbond substituents is 1. The number of benzene rings is 1. The van der Waals surface area contributed by atoms with Crippen LogP contribution in [0.4, 0.5) is 0 Å². The lowest BCUT2D eigenvalue weighted by atomic mass is 9.42. The summed E-state index contributed by atoms with van der Waals surface area (Å²) in [7, 11) is 1.50. The molecule has 2 amide bonds. The minimum absolute atomic E-state index is 0.0146. The van der Waals surface area contributed by atoms with Crippen LogP contribution in [0.3, 0.4) is 0 Å². The van der Waals surface area contributed by atoms with Crippen LogP contribution in [0.1, 0.15) is 119 Å². The van der Waals surface area contributed by atoms with Gasteiger partial charge < -0.3 is 54.4 Å². The molecule has 4 aliphatic carbocycles. The third-order valence-electron chi connectivity index (χ3n) is 16.9. The largest absolute Gasteiger partial charge is 0.507 e. The van der Waals surface area contributed by atoms with Crippen molar-refractivity contribution in [3.8, 4) is 11.5 Å². The fourth-order valence-electron chi connectivity index (χ4n) is 13.0. The Morgan fingerprint density at radius 3 is 2.30 bits per heavy atom. The summed E-state index contributed by atoms with van der Waals surface area (Å²) >= 11 is 0. The Hall–Kier alpha value is -4.35. The lowest BCUT2D eigenvalue weighted by molar-refractivity contribution is -0.245. The number of cyclic esters (lactones) is 2. The van der Waals surface area contributed by atoms with Gasteiger partial charge in [0.2, 0.25) is 11.8 Å². The normalized spacial score (nSPS) is 31.4. The van der Waals surface area contributed by atoms with Gasteiger partial charge in [0.25, 0.3) is 0 Å². The molecule has 10 atom stereocenters. The minimum atomic E-state index is -1.01. The number of allylic oxidation sites excluding steroid dienone is 2. The van der Waals surface area contributed by atoms with Crippen molar-refractivity contribution in [1.82, 2.24) is 10.6 Å². The Balaban J connectivity index is 0.738. The van der Waals surface area contributed by atoms with Gasteiger partial charge in [-0.2, -0.15) is 0 Å². The summed E-state index contributed by atoms with van der Waals surface area (Å²) in [6, 6.07) is 0. The van der Waals surface area contributed by atoms with Crippen LogP contribution in [0.2, 0.25) is 0 Å². The molecular weight excluding hydrogens is 865 g/mol. The molecule has 6 aliphatic rings. The van der Waals surface area contributed by atoms with Gasteiger partial charge in [-0.05, 0) is 125 Å². The van der Waals surface area contributed by atoms with E-state index in [1.807, 2.05) is 26.8 Å². The summed E-state index contributed by atoms with van der Waals surface area (Å²) in [6.07, 6.45) is 9.74. The van der Waals surface area contributed by atoms with Crippen LogP contribution < -0.4 is 15.4 Å². The van der Waals surface area contributed by atoms with E-state index in [0.717, 1.165) is 55.2 Å². The van der Waals surface area contributed by atoms with Crippen molar-refractivity contribution in [1.29, 1.82) is 0 Å². The Morgan fingerprint density at radius 1 is 0.910 bits per heavy atom. The fraction of sp³-hybridized carbons (Fsp3) is 0.706. The molecule has 370 valence electrons. The number of phenols is 1. The number of fused-ring (bicyclic) bond motifs is 6. The molecule has 0 saturated heterocycles. The average Bonchev–Trinajstić information content (AvgIpc) is 3.99. The van der Waals surface area contributed by atoms with Crippen molar-refractivity contribution in [2.75, 3.05) is 59.8 Å². The molecule has 16 nitrogen and oxygen atoms in total. The summed E-state index contributed by atoms with van der Waals surface area (Å²) < 4.78 is 33.3. The van der Waals surface area contributed by atoms with Crippen LogP contribution in [-0.2, 0) is 55.9 Å². The SMILES string of the molecule is COc1c(C)c2c(c(O)c1C/C=C(\C)CC(CC(=O)NCCOCCOCCNC(=O)COC1CCC3(C)C(CCC4C3CC(O)[C@]3(C)C(C5=CC(=O)OC5)CCC43O)C1)C(C)=O)C(=O)OC2. The van der Waals surface area contributed by atoms with E-state index in [4.69, 9.17) is 28.4 Å². The highest BCUT2D eigenvalue weighted by atomic mass is 16.5. The number of carbonyl (C=O) groups excluding carboxylic acids is 5. The molecule has 0 spiro atoms. The summed E-state index contributed by atoms with van der Waals surface area (Å²) in [4.78, 5) is 62.0. The first kappa shape index (κ1) is 50.5. The third kappa shape index (κ3) is 10.2. The van der Waals surface area contributed by atoms with E-state index in [1.54, 1.807) is 6.08 Å². The molecule has 1 aromatic carbocycles. The Morgan fingerprint density at radius 2 is 1.63 bits per heavy atom. The van der Waals surface area contributed by atoms with Gasteiger partial charge in [-0.3, -0.25) is 14.4 Å². The average molecular weight is 937 g/mol. The Bertz CT molecular complexity index is 2120. The number of aromatic hydroxyl groups is 1. The second kappa shape index (κ2) is 21.1. The summed E-state index contributed by atoms with van der Waals surface area (Å²) in [5.41, 5.74) is 1.93. The van der Waals surface area contributed by atoms with Gasteiger partial charge in [-0.25, -0.2) is 9.59 Å². The second-order valence-corrected chi connectivity index (χ2v) is 20.4. The molecule has 0 aromatic heterocycles. The van der Waals surface area contributed by atoms with Crippen LogP contribution >= 0.6 is 0 Å². The van der Waals surface area contributed by atoms with E-state index in [0.29, 0.717) is 68.4 Å².